The minimum atomic E-state index is -5.23. The molecule has 3 aromatic rings. The topological polar surface area (TPSA) is 135 Å². The quantitative estimate of drug-likeness (QED) is 0.247. The molecule has 0 spiro atoms. The second-order valence-corrected chi connectivity index (χ2v) is 10.5. The number of hydrogen-bond donors (Lipinski definition) is 3. The third kappa shape index (κ3) is 7.93. The first-order chi connectivity index (χ1) is 21.9. The van der Waals surface area contributed by atoms with Crippen molar-refractivity contribution < 1.29 is 46.6 Å². The molecule has 3 aromatic carbocycles. The second-order valence-electron chi connectivity index (χ2n) is 10.5. The maximum absolute atomic E-state index is 13.8. The molecule has 14 heteroatoms. The summed E-state index contributed by atoms with van der Waals surface area (Å²) < 4.78 is 56.1. The lowest BCUT2D eigenvalue weighted by Gasteiger charge is -2.37. The first-order valence-electron chi connectivity index (χ1n) is 14.2. The zero-order chi connectivity index (χ0) is 33.5. The Morgan fingerprint density at radius 2 is 1.63 bits per heavy atom. The molecule has 11 nitrogen and oxygen atoms in total. The minimum Gasteiger partial charge on any atom is -0.495 e. The number of carbonyl (C=O) groups excluding carboxylic acids is 4. The molecule has 1 aliphatic heterocycles. The van der Waals surface area contributed by atoms with E-state index in [-0.39, 0.29) is 43.2 Å². The van der Waals surface area contributed by atoms with Crippen molar-refractivity contribution in [2.45, 2.75) is 38.0 Å². The molecule has 46 heavy (non-hydrogen) atoms. The molecule has 1 saturated heterocycles. The number of rotatable bonds is 11. The fourth-order valence-corrected chi connectivity index (χ4v) is 5.06. The third-order valence-corrected chi connectivity index (χ3v) is 7.48. The molecule has 1 heterocycles. The number of likely N-dealkylation sites (tertiary alicyclic amines) is 1. The van der Waals surface area contributed by atoms with Gasteiger partial charge in [0.05, 0.1) is 25.5 Å². The van der Waals surface area contributed by atoms with Gasteiger partial charge in [-0.15, -0.1) is 0 Å². The molecular weight excluding hydrogens is 609 g/mol. The maximum Gasteiger partial charge on any atom is 0.471 e. The molecule has 3 N–H and O–H groups in total. The smallest absolute Gasteiger partial charge is 0.471 e. The summed E-state index contributed by atoms with van der Waals surface area (Å²) in [5, 5.41) is 7.36. The van der Waals surface area contributed by atoms with Crippen LogP contribution in [0.1, 0.15) is 34.3 Å². The molecule has 0 unspecified atom stereocenters. The number of para-hydroxylation sites is 1. The Hall–Kier alpha value is -5.11. The monoisotopic (exact) mass is 642 g/mol. The number of Topliss-reactive ketones (excluding diaryl/α,β-unsaturated/α-hetero) is 1. The van der Waals surface area contributed by atoms with Gasteiger partial charge in [0, 0.05) is 18.7 Å². The van der Waals surface area contributed by atoms with Crippen molar-refractivity contribution in [3.8, 4) is 11.5 Å². The predicted molar refractivity (Wildman–Crippen MR) is 162 cm³/mol. The summed E-state index contributed by atoms with van der Waals surface area (Å²) in [5.41, 5.74) is 0.374. The summed E-state index contributed by atoms with van der Waals surface area (Å²) >= 11 is 0. The molecule has 0 bridgehead atoms. The molecule has 1 aliphatic rings. The molecule has 0 radical (unpaired) electrons. The van der Waals surface area contributed by atoms with Gasteiger partial charge in [0.25, 0.3) is 0 Å². The number of nitrogens with zero attached hydrogens (tertiary/aromatic N) is 1. The first-order valence-corrected chi connectivity index (χ1v) is 14.2. The van der Waals surface area contributed by atoms with Crippen LogP contribution in [0, 0.1) is 6.92 Å². The highest BCUT2D eigenvalue weighted by atomic mass is 19.4. The van der Waals surface area contributed by atoms with E-state index in [0.29, 0.717) is 23.4 Å². The number of ketones is 1. The van der Waals surface area contributed by atoms with Gasteiger partial charge in [-0.05, 0) is 73.4 Å². The van der Waals surface area contributed by atoms with Crippen LogP contribution in [0.5, 0.6) is 11.5 Å². The second kappa shape index (κ2) is 14.3. The first kappa shape index (κ1) is 33.8. The summed E-state index contributed by atoms with van der Waals surface area (Å²) in [7, 11) is 2.60. The number of halogens is 3. The Morgan fingerprint density at radius 1 is 0.935 bits per heavy atom. The fourth-order valence-electron chi connectivity index (χ4n) is 5.06. The van der Waals surface area contributed by atoms with E-state index in [1.807, 2.05) is 24.4 Å². The minimum absolute atomic E-state index is 0.0891. The van der Waals surface area contributed by atoms with Gasteiger partial charge in [-0.25, -0.2) is 14.5 Å². The van der Waals surface area contributed by atoms with Crippen LogP contribution in [-0.2, 0) is 20.7 Å². The van der Waals surface area contributed by atoms with E-state index in [1.165, 1.54) is 61.6 Å². The lowest BCUT2D eigenvalue weighted by molar-refractivity contribution is -0.179. The molecule has 3 amide bonds. The summed E-state index contributed by atoms with van der Waals surface area (Å²) in [4.78, 5) is 51.7. The van der Waals surface area contributed by atoms with Gasteiger partial charge in [-0.2, -0.15) is 13.2 Å². The SMILES string of the molecule is COC(=O)c1ccc(OCN2CCC[C@@]2(NC(=O)C(F)(F)F)C(=O)Cc2ccc(NC(=O)Nc3ccccc3C)c(OC)c2)cc1. The normalized spacial score (nSPS) is 16.3. The summed E-state index contributed by atoms with van der Waals surface area (Å²) in [6.45, 7) is 1.67. The number of hydrogen-bond acceptors (Lipinski definition) is 8. The Balaban J connectivity index is 1.52. The number of nitrogens with one attached hydrogen (secondary N) is 3. The number of alkyl halides is 3. The van der Waals surface area contributed by atoms with Crippen LogP contribution in [-0.4, -0.2) is 67.9 Å². The van der Waals surface area contributed by atoms with E-state index < -0.39 is 35.5 Å². The Labute approximate surface area is 263 Å². The van der Waals surface area contributed by atoms with E-state index in [4.69, 9.17) is 9.47 Å². The molecule has 0 aliphatic carbocycles. The predicted octanol–water partition coefficient (Wildman–Crippen LogP) is 5.05. The Kier molecular flexibility index (Phi) is 10.5. The van der Waals surface area contributed by atoms with Crippen molar-refractivity contribution in [1.82, 2.24) is 10.2 Å². The average molecular weight is 643 g/mol. The molecule has 4 rings (SSSR count). The molecule has 244 valence electrons. The van der Waals surface area contributed by atoms with Crippen LogP contribution in [0.25, 0.3) is 0 Å². The molecular formula is C32H33F3N4O7. The maximum atomic E-state index is 13.8. The zero-order valence-electron chi connectivity index (χ0n) is 25.3. The third-order valence-electron chi connectivity index (χ3n) is 7.48. The Morgan fingerprint density at radius 3 is 2.28 bits per heavy atom. The zero-order valence-corrected chi connectivity index (χ0v) is 25.3. The van der Waals surface area contributed by atoms with E-state index in [1.54, 1.807) is 12.1 Å². The van der Waals surface area contributed by atoms with Crippen molar-refractivity contribution in [1.29, 1.82) is 0 Å². The van der Waals surface area contributed by atoms with Crippen LogP contribution >= 0.6 is 0 Å². The number of carbonyl (C=O) groups is 4. The number of esters is 1. The van der Waals surface area contributed by atoms with E-state index in [9.17, 15) is 32.3 Å². The van der Waals surface area contributed by atoms with Crippen LogP contribution in [0.3, 0.4) is 0 Å². The lowest BCUT2D eigenvalue weighted by Crippen LogP contribution is -2.65. The fraction of sp³-hybridized carbons (Fsp3) is 0.312. The van der Waals surface area contributed by atoms with Gasteiger partial charge in [-0.1, -0.05) is 24.3 Å². The number of aryl methyl sites for hydroxylation is 1. The number of urea groups is 1. The summed E-state index contributed by atoms with van der Waals surface area (Å²) in [5.74, 6) is -3.03. The van der Waals surface area contributed by atoms with Crippen LogP contribution < -0.4 is 25.4 Å². The van der Waals surface area contributed by atoms with Crippen LogP contribution in [0.15, 0.2) is 66.7 Å². The van der Waals surface area contributed by atoms with Crippen LogP contribution in [0.4, 0.5) is 29.3 Å². The number of benzene rings is 3. The largest absolute Gasteiger partial charge is 0.495 e. The van der Waals surface area contributed by atoms with Crippen molar-refractivity contribution >= 4 is 35.1 Å². The van der Waals surface area contributed by atoms with Crippen molar-refractivity contribution in [3.05, 3.63) is 83.4 Å². The summed E-state index contributed by atoms with van der Waals surface area (Å²) in [6, 6.07) is 17.0. The van der Waals surface area contributed by atoms with Gasteiger partial charge in [0.1, 0.15) is 18.2 Å². The van der Waals surface area contributed by atoms with Gasteiger partial charge >= 0.3 is 24.1 Å². The number of ether oxygens (including phenoxy) is 3. The highest BCUT2D eigenvalue weighted by Gasteiger charge is 2.52. The number of anilines is 2. The van der Waals surface area contributed by atoms with Crippen molar-refractivity contribution in [3.63, 3.8) is 0 Å². The van der Waals surface area contributed by atoms with E-state index in [0.717, 1.165) is 5.56 Å². The average Bonchev–Trinajstić information content (AvgIpc) is 3.44. The molecule has 0 saturated carbocycles. The molecule has 1 atom stereocenters. The van der Waals surface area contributed by atoms with Gasteiger partial charge in [0.15, 0.2) is 11.4 Å². The lowest BCUT2D eigenvalue weighted by atomic mass is 9.94. The van der Waals surface area contributed by atoms with Crippen molar-refractivity contribution in [2.75, 3.05) is 38.1 Å². The van der Waals surface area contributed by atoms with Gasteiger partial charge < -0.3 is 30.2 Å². The Bertz CT molecular complexity index is 1600. The highest BCUT2D eigenvalue weighted by molar-refractivity contribution is 6.01. The number of methoxy groups -OCH3 is 2. The molecule has 0 aromatic heterocycles. The van der Waals surface area contributed by atoms with Gasteiger partial charge in [0.2, 0.25) is 0 Å². The van der Waals surface area contributed by atoms with Gasteiger partial charge in [-0.3, -0.25) is 9.59 Å². The summed E-state index contributed by atoms with van der Waals surface area (Å²) in [6.07, 6.45) is -5.39. The van der Waals surface area contributed by atoms with E-state index in [2.05, 4.69) is 15.4 Å². The molecule has 1 fully saturated rings. The number of amides is 3. The highest BCUT2D eigenvalue weighted by Crippen LogP contribution is 2.33. The van der Waals surface area contributed by atoms with Crippen molar-refractivity contribution in [2.24, 2.45) is 0 Å². The standard InChI is InChI=1S/C32H33F3N4O7/c1-20-7-4-5-8-24(20)36-30(43)37-25-14-9-21(17-26(25)44-2)18-27(40)31(38-29(42)32(33,34)35)15-6-16-39(31)19-46-23-12-10-22(11-13-23)28(41)45-3/h4-5,7-14,17H,6,15-16,18-19H2,1-3H3,(H,38,42)(H2,36,37,43)/t31-/m0/s1. The van der Waals surface area contributed by atoms with E-state index >= 15 is 0 Å². The van der Waals surface area contributed by atoms with Crippen LogP contribution in [0.2, 0.25) is 0 Å².